The number of hydrogen-bond acceptors (Lipinski definition) is 3. The largest absolute Gasteiger partial charge is 0.305 e. The van der Waals surface area contributed by atoms with Gasteiger partial charge in [-0.15, -0.1) is 0 Å². The first-order chi connectivity index (χ1) is 6.77. The second-order valence-electron chi connectivity index (χ2n) is 4.18. The fourth-order valence-corrected chi connectivity index (χ4v) is 2.13. The minimum absolute atomic E-state index is 0.0128. The highest BCUT2D eigenvalue weighted by Crippen LogP contribution is 2.22. The Hall–Kier alpha value is -0.590. The maximum absolute atomic E-state index is 8.77. The van der Waals surface area contributed by atoms with Gasteiger partial charge in [-0.05, 0) is 33.4 Å². The molecule has 0 radical (unpaired) electrons. The molecule has 0 aliphatic heterocycles. The molecular formula is C11H21N3. The van der Waals surface area contributed by atoms with Gasteiger partial charge in [0.15, 0.2) is 0 Å². The molecule has 0 aromatic heterocycles. The van der Waals surface area contributed by atoms with Gasteiger partial charge in [0, 0.05) is 12.6 Å². The average Bonchev–Trinajstić information content (AvgIpc) is 2.72. The third-order valence-corrected chi connectivity index (χ3v) is 3.22. The molecule has 1 atom stereocenters. The Balaban J connectivity index is 2.20. The molecular weight excluding hydrogens is 174 g/mol. The molecule has 3 heteroatoms. The first kappa shape index (κ1) is 11.5. The summed E-state index contributed by atoms with van der Waals surface area (Å²) in [6, 6.07) is 3.04. The van der Waals surface area contributed by atoms with E-state index in [2.05, 4.69) is 23.3 Å². The first-order valence-electron chi connectivity index (χ1n) is 5.55. The summed E-state index contributed by atoms with van der Waals surface area (Å²) >= 11 is 0. The van der Waals surface area contributed by atoms with E-state index in [0.29, 0.717) is 0 Å². The van der Waals surface area contributed by atoms with E-state index in [1.807, 2.05) is 7.05 Å². The highest BCUT2D eigenvalue weighted by atomic mass is 15.1. The van der Waals surface area contributed by atoms with E-state index in [9.17, 15) is 0 Å². The van der Waals surface area contributed by atoms with Gasteiger partial charge < -0.3 is 10.2 Å². The van der Waals surface area contributed by atoms with Crippen LogP contribution in [-0.2, 0) is 0 Å². The van der Waals surface area contributed by atoms with Gasteiger partial charge in [-0.3, -0.25) is 0 Å². The van der Waals surface area contributed by atoms with Crippen LogP contribution in [0.15, 0.2) is 0 Å². The van der Waals surface area contributed by atoms with Gasteiger partial charge in [0.2, 0.25) is 0 Å². The van der Waals surface area contributed by atoms with Gasteiger partial charge in [-0.2, -0.15) is 5.26 Å². The molecule has 0 aromatic carbocycles. The molecule has 1 fully saturated rings. The molecule has 1 N–H and O–H groups in total. The fraction of sp³-hybridized carbons (Fsp3) is 0.909. The summed E-state index contributed by atoms with van der Waals surface area (Å²) in [5, 5.41) is 11.8. The predicted molar refractivity (Wildman–Crippen MR) is 58.0 cm³/mol. The SMILES string of the molecule is CNC(C#N)CCN(C)C1CCCC1. The molecule has 1 aliphatic rings. The highest BCUT2D eigenvalue weighted by Gasteiger charge is 2.19. The Morgan fingerprint density at radius 1 is 1.50 bits per heavy atom. The van der Waals surface area contributed by atoms with Crippen LogP contribution in [-0.4, -0.2) is 37.6 Å². The normalized spacial score (nSPS) is 19.9. The molecule has 0 aromatic rings. The fourth-order valence-electron chi connectivity index (χ4n) is 2.13. The van der Waals surface area contributed by atoms with Crippen LogP contribution >= 0.6 is 0 Å². The van der Waals surface area contributed by atoms with Crippen molar-refractivity contribution in [1.29, 1.82) is 5.26 Å². The van der Waals surface area contributed by atoms with Crippen LogP contribution in [0.1, 0.15) is 32.1 Å². The topological polar surface area (TPSA) is 39.1 Å². The Labute approximate surface area is 87.1 Å². The smallest absolute Gasteiger partial charge is 0.0962 e. The van der Waals surface area contributed by atoms with Crippen LogP contribution in [0.5, 0.6) is 0 Å². The van der Waals surface area contributed by atoms with Crippen LogP contribution in [0.4, 0.5) is 0 Å². The molecule has 1 unspecified atom stereocenters. The van der Waals surface area contributed by atoms with Crippen LogP contribution in [0.2, 0.25) is 0 Å². The monoisotopic (exact) mass is 195 g/mol. The minimum atomic E-state index is 0.0128. The van der Waals surface area contributed by atoms with Gasteiger partial charge in [-0.1, -0.05) is 12.8 Å². The van der Waals surface area contributed by atoms with Gasteiger partial charge in [0.05, 0.1) is 12.1 Å². The molecule has 0 heterocycles. The number of nitrogens with one attached hydrogen (secondary N) is 1. The Morgan fingerprint density at radius 2 is 2.14 bits per heavy atom. The van der Waals surface area contributed by atoms with E-state index >= 15 is 0 Å². The summed E-state index contributed by atoms with van der Waals surface area (Å²) in [4.78, 5) is 2.41. The Kier molecular flexibility index (Phi) is 4.92. The third kappa shape index (κ3) is 3.28. The summed E-state index contributed by atoms with van der Waals surface area (Å²) in [6.07, 6.45) is 6.37. The van der Waals surface area contributed by atoms with Crippen molar-refractivity contribution in [2.45, 2.75) is 44.2 Å². The lowest BCUT2D eigenvalue weighted by Gasteiger charge is -2.24. The van der Waals surface area contributed by atoms with Crippen LogP contribution < -0.4 is 5.32 Å². The van der Waals surface area contributed by atoms with Gasteiger partial charge in [0.1, 0.15) is 0 Å². The molecule has 0 saturated heterocycles. The van der Waals surface area contributed by atoms with Gasteiger partial charge in [0.25, 0.3) is 0 Å². The average molecular weight is 195 g/mol. The maximum atomic E-state index is 8.77. The zero-order chi connectivity index (χ0) is 10.4. The van der Waals surface area contributed by atoms with Crippen molar-refractivity contribution in [1.82, 2.24) is 10.2 Å². The number of rotatable bonds is 5. The van der Waals surface area contributed by atoms with Crippen molar-refractivity contribution >= 4 is 0 Å². The quantitative estimate of drug-likeness (QED) is 0.720. The molecule has 80 valence electrons. The van der Waals surface area contributed by atoms with Crippen LogP contribution in [0, 0.1) is 11.3 Å². The van der Waals surface area contributed by atoms with Crippen molar-refractivity contribution < 1.29 is 0 Å². The van der Waals surface area contributed by atoms with E-state index in [1.165, 1.54) is 25.7 Å². The van der Waals surface area contributed by atoms with E-state index in [-0.39, 0.29) is 6.04 Å². The summed E-state index contributed by atoms with van der Waals surface area (Å²) in [5.41, 5.74) is 0. The Morgan fingerprint density at radius 3 is 2.64 bits per heavy atom. The van der Waals surface area contributed by atoms with Crippen LogP contribution in [0.3, 0.4) is 0 Å². The van der Waals surface area contributed by atoms with Crippen molar-refractivity contribution in [3.05, 3.63) is 0 Å². The van der Waals surface area contributed by atoms with Crippen molar-refractivity contribution in [3.63, 3.8) is 0 Å². The third-order valence-electron chi connectivity index (χ3n) is 3.22. The molecule has 0 amide bonds. The van der Waals surface area contributed by atoms with Gasteiger partial charge in [-0.25, -0.2) is 0 Å². The van der Waals surface area contributed by atoms with Crippen molar-refractivity contribution in [2.75, 3.05) is 20.6 Å². The van der Waals surface area contributed by atoms with E-state index in [4.69, 9.17) is 5.26 Å². The van der Waals surface area contributed by atoms with Crippen molar-refractivity contribution in [3.8, 4) is 6.07 Å². The lowest BCUT2D eigenvalue weighted by Crippen LogP contribution is -2.34. The molecule has 3 nitrogen and oxygen atoms in total. The summed E-state index contributed by atoms with van der Waals surface area (Å²) in [5.74, 6) is 0. The highest BCUT2D eigenvalue weighted by molar-refractivity contribution is 4.89. The second kappa shape index (κ2) is 6.00. The standard InChI is InChI=1S/C11H21N3/c1-13-10(9-12)7-8-14(2)11-5-3-4-6-11/h10-11,13H,3-8H2,1-2H3. The summed E-state index contributed by atoms with van der Waals surface area (Å²) < 4.78 is 0. The van der Waals surface area contributed by atoms with E-state index in [1.54, 1.807) is 0 Å². The first-order valence-corrected chi connectivity index (χ1v) is 5.55. The zero-order valence-corrected chi connectivity index (χ0v) is 9.29. The molecule has 0 spiro atoms. The lowest BCUT2D eigenvalue weighted by atomic mass is 10.2. The molecule has 1 aliphatic carbocycles. The number of hydrogen-bond donors (Lipinski definition) is 1. The molecule has 1 saturated carbocycles. The van der Waals surface area contributed by atoms with Gasteiger partial charge >= 0.3 is 0 Å². The van der Waals surface area contributed by atoms with E-state index in [0.717, 1.165) is 19.0 Å². The maximum Gasteiger partial charge on any atom is 0.0962 e. The Bertz CT molecular complexity index is 191. The predicted octanol–water partition coefficient (Wildman–Crippen LogP) is 1.36. The summed E-state index contributed by atoms with van der Waals surface area (Å²) in [7, 11) is 4.03. The van der Waals surface area contributed by atoms with Crippen LogP contribution in [0.25, 0.3) is 0 Å². The molecule has 0 bridgehead atoms. The van der Waals surface area contributed by atoms with Crippen molar-refractivity contribution in [2.24, 2.45) is 0 Å². The second-order valence-corrected chi connectivity index (χ2v) is 4.18. The molecule has 1 rings (SSSR count). The lowest BCUT2D eigenvalue weighted by molar-refractivity contribution is 0.238. The number of nitrogens with zero attached hydrogens (tertiary/aromatic N) is 2. The zero-order valence-electron chi connectivity index (χ0n) is 9.29. The van der Waals surface area contributed by atoms with E-state index < -0.39 is 0 Å². The minimum Gasteiger partial charge on any atom is -0.305 e. The molecule has 14 heavy (non-hydrogen) atoms. The number of nitriles is 1. The summed E-state index contributed by atoms with van der Waals surface area (Å²) in [6.45, 7) is 1.03.